The summed E-state index contributed by atoms with van der Waals surface area (Å²) in [6.45, 7) is 1.04. The zero-order chi connectivity index (χ0) is 23.4. The number of hydrogen-bond donors (Lipinski definition) is 2. The first-order valence-corrected chi connectivity index (χ1v) is 10.7. The number of anilines is 2. The van der Waals surface area contributed by atoms with Crippen molar-refractivity contribution in [3.05, 3.63) is 82.2 Å². The molecule has 0 aliphatic rings. The number of thiazole rings is 1. The Morgan fingerprint density at radius 1 is 1.03 bits per heavy atom. The van der Waals surface area contributed by atoms with Crippen LogP contribution in [-0.4, -0.2) is 26.6 Å². The van der Waals surface area contributed by atoms with Gasteiger partial charge in [0.15, 0.2) is 5.13 Å². The largest absolute Gasteiger partial charge is 0.326 e. The molecule has 2 aromatic heterocycles. The number of nitrogens with zero attached hydrogens (tertiary/aromatic N) is 3. The minimum Gasteiger partial charge on any atom is -0.326 e. The first-order valence-electron chi connectivity index (χ1n) is 9.85. The molecule has 0 saturated carbocycles. The van der Waals surface area contributed by atoms with Gasteiger partial charge in [-0.15, -0.1) is 11.3 Å². The molecule has 10 heteroatoms. The fraction of sp³-hybridized carbons (Fsp3) is 0.0870. The maximum atomic E-state index is 14.4. The number of amides is 2. The van der Waals surface area contributed by atoms with Crippen LogP contribution in [0.2, 0.25) is 0 Å². The number of carbonyl (C=O) groups excluding carboxylic acids is 2. The van der Waals surface area contributed by atoms with Crippen LogP contribution in [0.4, 0.5) is 15.2 Å². The summed E-state index contributed by atoms with van der Waals surface area (Å²) in [4.78, 5) is 40.0. The van der Waals surface area contributed by atoms with Gasteiger partial charge in [-0.1, -0.05) is 30.3 Å². The van der Waals surface area contributed by atoms with Crippen molar-refractivity contribution in [3.8, 4) is 22.5 Å². The molecule has 0 unspecified atom stereocenters. The van der Waals surface area contributed by atoms with Gasteiger partial charge in [-0.3, -0.25) is 14.4 Å². The summed E-state index contributed by atoms with van der Waals surface area (Å²) in [7, 11) is 0. The summed E-state index contributed by atoms with van der Waals surface area (Å²) in [6.07, 6.45) is 0. The van der Waals surface area contributed by atoms with Gasteiger partial charge in [-0.25, -0.2) is 14.1 Å². The number of aromatic nitrogens is 3. The second kappa shape index (κ2) is 9.53. The monoisotopic (exact) mass is 463 g/mol. The van der Waals surface area contributed by atoms with Gasteiger partial charge in [0.05, 0.1) is 11.4 Å². The van der Waals surface area contributed by atoms with Crippen LogP contribution < -0.4 is 16.2 Å². The number of hydrogen-bond acceptors (Lipinski definition) is 6. The number of halogens is 1. The Balaban J connectivity index is 1.47. The highest BCUT2D eigenvalue weighted by Gasteiger charge is 2.14. The predicted octanol–water partition coefficient (Wildman–Crippen LogP) is 3.77. The van der Waals surface area contributed by atoms with Crippen LogP contribution in [0.3, 0.4) is 0 Å². The standard InChI is InChI=1S/C23H18FN5O3S/c1-14(30)25-16-7-8-17(18(24)11-16)20-13-33-23(26-20)27-21(31)12-29-22(32)10-9-19(28-29)15-5-3-2-4-6-15/h2-11,13H,12H2,1H3,(H,25,30)(H,26,27,31). The molecule has 0 bridgehead atoms. The Morgan fingerprint density at radius 3 is 2.55 bits per heavy atom. The smallest absolute Gasteiger partial charge is 0.267 e. The van der Waals surface area contributed by atoms with E-state index in [0.717, 1.165) is 21.6 Å². The normalized spacial score (nSPS) is 10.6. The molecule has 2 aromatic carbocycles. The van der Waals surface area contributed by atoms with Crippen molar-refractivity contribution in [1.29, 1.82) is 0 Å². The van der Waals surface area contributed by atoms with Gasteiger partial charge in [-0.2, -0.15) is 5.10 Å². The van der Waals surface area contributed by atoms with Crippen molar-refractivity contribution in [2.75, 3.05) is 10.6 Å². The Labute approximate surface area is 191 Å². The summed E-state index contributed by atoms with van der Waals surface area (Å²) in [6, 6.07) is 16.5. The third kappa shape index (κ3) is 5.36. The molecular weight excluding hydrogens is 445 g/mol. The molecule has 2 amide bonds. The predicted molar refractivity (Wildman–Crippen MR) is 124 cm³/mol. The van der Waals surface area contributed by atoms with Crippen molar-refractivity contribution in [2.45, 2.75) is 13.5 Å². The molecule has 0 atom stereocenters. The Bertz CT molecular complexity index is 1380. The highest BCUT2D eigenvalue weighted by atomic mass is 32.1. The van der Waals surface area contributed by atoms with Gasteiger partial charge in [-0.05, 0) is 24.3 Å². The SMILES string of the molecule is CC(=O)Nc1ccc(-c2csc(NC(=O)Cn3nc(-c4ccccc4)ccc3=O)n2)c(F)c1. The Morgan fingerprint density at radius 2 is 1.82 bits per heavy atom. The van der Waals surface area contributed by atoms with Crippen LogP contribution in [0.1, 0.15) is 6.92 Å². The topological polar surface area (TPSA) is 106 Å². The third-order valence-corrected chi connectivity index (χ3v) is 5.30. The zero-order valence-electron chi connectivity index (χ0n) is 17.4. The van der Waals surface area contributed by atoms with Gasteiger partial charge in [0.25, 0.3) is 5.56 Å². The average Bonchev–Trinajstić information content (AvgIpc) is 3.23. The highest BCUT2D eigenvalue weighted by Crippen LogP contribution is 2.28. The van der Waals surface area contributed by atoms with Crippen molar-refractivity contribution < 1.29 is 14.0 Å². The number of rotatable bonds is 6. The minimum absolute atomic E-state index is 0.231. The quantitative estimate of drug-likeness (QED) is 0.453. The van der Waals surface area contributed by atoms with E-state index in [-0.39, 0.29) is 23.1 Å². The number of carbonyl (C=O) groups is 2. The molecule has 0 radical (unpaired) electrons. The molecule has 4 rings (SSSR count). The lowest BCUT2D eigenvalue weighted by atomic mass is 10.1. The third-order valence-electron chi connectivity index (χ3n) is 4.55. The molecule has 33 heavy (non-hydrogen) atoms. The highest BCUT2D eigenvalue weighted by molar-refractivity contribution is 7.14. The summed E-state index contributed by atoms with van der Waals surface area (Å²) >= 11 is 1.12. The summed E-state index contributed by atoms with van der Waals surface area (Å²) < 4.78 is 15.5. The Kier molecular flexibility index (Phi) is 6.36. The van der Waals surface area contributed by atoms with E-state index < -0.39 is 17.3 Å². The van der Waals surface area contributed by atoms with Crippen molar-refractivity contribution in [3.63, 3.8) is 0 Å². The molecular formula is C23H18FN5O3S. The van der Waals surface area contributed by atoms with Gasteiger partial charge in [0.1, 0.15) is 12.4 Å². The van der Waals surface area contributed by atoms with E-state index in [1.54, 1.807) is 17.5 Å². The lowest BCUT2D eigenvalue weighted by molar-refractivity contribution is -0.117. The summed E-state index contributed by atoms with van der Waals surface area (Å²) in [5.74, 6) is -1.35. The molecule has 8 nitrogen and oxygen atoms in total. The summed E-state index contributed by atoms with van der Waals surface area (Å²) in [5.41, 5.74) is 1.88. The van der Waals surface area contributed by atoms with Crippen molar-refractivity contribution in [1.82, 2.24) is 14.8 Å². The number of benzene rings is 2. The Hall–Kier alpha value is -4.18. The van der Waals surface area contributed by atoms with Gasteiger partial charge < -0.3 is 10.6 Å². The fourth-order valence-corrected chi connectivity index (χ4v) is 3.81. The number of nitrogens with one attached hydrogen (secondary N) is 2. The molecule has 0 aliphatic heterocycles. The minimum atomic E-state index is -0.557. The van der Waals surface area contributed by atoms with Gasteiger partial charge in [0.2, 0.25) is 11.8 Å². The van der Waals surface area contributed by atoms with Gasteiger partial charge >= 0.3 is 0 Å². The van der Waals surface area contributed by atoms with Crippen LogP contribution in [0, 0.1) is 5.82 Å². The maximum absolute atomic E-state index is 14.4. The van der Waals surface area contributed by atoms with E-state index in [4.69, 9.17) is 0 Å². The van der Waals surface area contributed by atoms with Gasteiger partial charge in [0, 0.05) is 35.2 Å². The van der Waals surface area contributed by atoms with Crippen LogP contribution in [-0.2, 0) is 16.1 Å². The molecule has 2 heterocycles. The molecule has 0 spiro atoms. The first kappa shape index (κ1) is 22.0. The van der Waals surface area contributed by atoms with Crippen LogP contribution in [0.5, 0.6) is 0 Å². The first-order chi connectivity index (χ1) is 15.9. The molecule has 0 fully saturated rings. The molecule has 166 valence electrons. The second-order valence-electron chi connectivity index (χ2n) is 7.04. The van der Waals surface area contributed by atoms with Crippen molar-refractivity contribution >= 4 is 34.0 Å². The summed E-state index contributed by atoms with van der Waals surface area (Å²) in [5, 5.41) is 11.2. The lowest BCUT2D eigenvalue weighted by Gasteiger charge is -2.07. The van der Waals surface area contributed by atoms with Crippen LogP contribution in [0.25, 0.3) is 22.5 Å². The average molecular weight is 463 g/mol. The van der Waals surface area contributed by atoms with E-state index in [2.05, 4.69) is 20.7 Å². The molecule has 0 aliphatic carbocycles. The van der Waals surface area contributed by atoms with E-state index in [0.29, 0.717) is 17.1 Å². The van der Waals surface area contributed by atoms with E-state index in [1.807, 2.05) is 30.3 Å². The van der Waals surface area contributed by atoms with Crippen LogP contribution in [0.15, 0.2) is 70.8 Å². The van der Waals surface area contributed by atoms with Crippen molar-refractivity contribution in [2.24, 2.45) is 0 Å². The zero-order valence-corrected chi connectivity index (χ0v) is 18.2. The second-order valence-corrected chi connectivity index (χ2v) is 7.90. The molecule has 4 aromatic rings. The molecule has 2 N–H and O–H groups in total. The lowest BCUT2D eigenvalue weighted by Crippen LogP contribution is -2.29. The van der Waals surface area contributed by atoms with E-state index in [1.165, 1.54) is 25.1 Å². The fourth-order valence-electron chi connectivity index (χ4n) is 3.08. The van der Waals surface area contributed by atoms with Crippen LogP contribution >= 0.6 is 11.3 Å². The maximum Gasteiger partial charge on any atom is 0.267 e. The molecule has 0 saturated heterocycles. The van der Waals surface area contributed by atoms with E-state index >= 15 is 0 Å². The van der Waals surface area contributed by atoms with E-state index in [9.17, 15) is 18.8 Å².